The van der Waals surface area contributed by atoms with Gasteiger partial charge in [0.05, 0.1) is 23.0 Å². The van der Waals surface area contributed by atoms with Crippen molar-refractivity contribution in [1.82, 2.24) is 9.55 Å². The number of ether oxygens (including phenoxy) is 1. The van der Waals surface area contributed by atoms with Crippen molar-refractivity contribution in [2.75, 3.05) is 13.7 Å². The van der Waals surface area contributed by atoms with Gasteiger partial charge in [-0.1, -0.05) is 13.8 Å². The largest absolute Gasteiger partial charge is 0.477 e. The molecule has 8 heteroatoms. The highest BCUT2D eigenvalue weighted by atomic mass is 32.1. The Balaban J connectivity index is 1.92. The van der Waals surface area contributed by atoms with Gasteiger partial charge in [0.2, 0.25) is 0 Å². The van der Waals surface area contributed by atoms with Gasteiger partial charge in [-0.3, -0.25) is 9.59 Å². The number of aromatic nitrogens is 2. The first kappa shape index (κ1) is 23.1. The van der Waals surface area contributed by atoms with Crippen molar-refractivity contribution >= 4 is 23.1 Å². The van der Waals surface area contributed by atoms with Crippen LogP contribution in [0.1, 0.15) is 58.1 Å². The monoisotopic (exact) mass is 466 g/mol. The van der Waals surface area contributed by atoms with Crippen LogP contribution in [0.3, 0.4) is 0 Å². The number of carbonyl (C=O) groups excluding carboxylic acids is 1. The zero-order chi connectivity index (χ0) is 23.9. The van der Waals surface area contributed by atoms with Crippen molar-refractivity contribution < 1.29 is 19.4 Å². The molecule has 3 aromatic rings. The Morgan fingerprint density at radius 3 is 2.64 bits per heavy atom. The summed E-state index contributed by atoms with van der Waals surface area (Å²) in [5, 5.41) is 12.4. The Morgan fingerprint density at radius 2 is 2.00 bits per heavy atom. The number of carbonyl (C=O) groups is 2. The van der Waals surface area contributed by atoms with Crippen LogP contribution >= 0.6 is 11.3 Å². The molecule has 172 valence electrons. The van der Waals surface area contributed by atoms with Crippen LogP contribution in [-0.2, 0) is 17.6 Å². The lowest BCUT2D eigenvalue weighted by Gasteiger charge is -2.34. The molecule has 1 unspecified atom stereocenters. The van der Waals surface area contributed by atoms with E-state index >= 15 is 0 Å². The van der Waals surface area contributed by atoms with E-state index in [0.29, 0.717) is 30.7 Å². The van der Waals surface area contributed by atoms with Crippen molar-refractivity contribution in [2.45, 2.75) is 39.7 Å². The first-order valence-corrected chi connectivity index (χ1v) is 11.7. The number of rotatable bonds is 7. The van der Waals surface area contributed by atoms with Crippen LogP contribution in [0.2, 0.25) is 0 Å². The van der Waals surface area contributed by atoms with Gasteiger partial charge in [0.1, 0.15) is 5.56 Å². The highest BCUT2D eigenvalue weighted by Crippen LogP contribution is 2.41. The van der Waals surface area contributed by atoms with Crippen molar-refractivity contribution in [3.05, 3.63) is 61.7 Å². The molecule has 0 saturated heterocycles. The Hall–Kier alpha value is -3.10. The number of fused-ring (bicyclic) bond motifs is 3. The Kier molecular flexibility index (Phi) is 6.32. The molecule has 4 rings (SSSR count). The lowest BCUT2D eigenvalue weighted by atomic mass is 9.84. The number of Topliss-reactive ketones (excluding diaryl/α,β-unsaturated/α-hetero) is 1. The number of hydrogen-bond acceptors (Lipinski definition) is 6. The van der Waals surface area contributed by atoms with Crippen LogP contribution in [0.25, 0.3) is 22.5 Å². The fourth-order valence-corrected chi connectivity index (χ4v) is 5.15. The number of ketones is 1. The van der Waals surface area contributed by atoms with Crippen LogP contribution in [-0.4, -0.2) is 40.1 Å². The predicted molar refractivity (Wildman–Crippen MR) is 127 cm³/mol. The molecule has 1 aromatic carbocycles. The minimum atomic E-state index is -1.24. The maximum absolute atomic E-state index is 12.6. The smallest absolute Gasteiger partial charge is 0.341 e. The zero-order valence-electron chi connectivity index (χ0n) is 19.0. The fourth-order valence-electron chi connectivity index (χ4n) is 4.37. The molecule has 0 spiro atoms. The second kappa shape index (κ2) is 9.03. The summed E-state index contributed by atoms with van der Waals surface area (Å²) in [5.41, 5.74) is 3.71. The van der Waals surface area contributed by atoms with E-state index in [0.717, 1.165) is 27.4 Å². The summed E-state index contributed by atoms with van der Waals surface area (Å²) in [5.74, 6) is -1.13. The molecule has 1 aliphatic rings. The molecular formula is C25H26N2O5S. The van der Waals surface area contributed by atoms with Crippen LogP contribution in [0.4, 0.5) is 0 Å². The van der Waals surface area contributed by atoms with Crippen molar-refractivity contribution in [2.24, 2.45) is 5.92 Å². The van der Waals surface area contributed by atoms with Crippen LogP contribution < -0.4 is 5.43 Å². The molecule has 0 amide bonds. The number of aromatic carboxylic acids is 1. The number of methoxy groups -OCH3 is 1. The molecular weight excluding hydrogens is 440 g/mol. The lowest BCUT2D eigenvalue weighted by molar-refractivity contribution is 0.0694. The molecule has 0 radical (unpaired) electrons. The second-order valence-electron chi connectivity index (χ2n) is 8.64. The molecule has 33 heavy (non-hydrogen) atoms. The number of pyridine rings is 1. The standard InChI is InChI=1S/C25H26N2O5S/c1-13(2)21-8-15-7-18(20-12-33-24(26-20)5-6-32-4)16(14(3)28)9-17(15)22-10-23(29)19(25(30)31)11-27(21)22/h7,9-13,21H,5-6,8H2,1-4H3,(H,30,31). The second-order valence-corrected chi connectivity index (χ2v) is 9.59. The highest BCUT2D eigenvalue weighted by Gasteiger charge is 2.29. The van der Waals surface area contributed by atoms with Crippen molar-refractivity contribution in [3.63, 3.8) is 0 Å². The van der Waals surface area contributed by atoms with Gasteiger partial charge in [-0.2, -0.15) is 0 Å². The zero-order valence-corrected chi connectivity index (χ0v) is 19.9. The maximum Gasteiger partial charge on any atom is 0.341 e. The average molecular weight is 467 g/mol. The summed E-state index contributed by atoms with van der Waals surface area (Å²) in [4.78, 5) is 41.4. The van der Waals surface area contributed by atoms with E-state index in [9.17, 15) is 19.5 Å². The van der Waals surface area contributed by atoms with E-state index in [-0.39, 0.29) is 23.3 Å². The van der Waals surface area contributed by atoms with E-state index in [2.05, 4.69) is 13.8 Å². The molecule has 0 fully saturated rings. The normalized spacial score (nSPS) is 14.8. The van der Waals surface area contributed by atoms with Crippen molar-refractivity contribution in [3.8, 4) is 22.5 Å². The van der Waals surface area contributed by atoms with Crippen LogP contribution in [0, 0.1) is 5.92 Å². The topological polar surface area (TPSA) is 98.5 Å². The van der Waals surface area contributed by atoms with E-state index in [1.165, 1.54) is 30.5 Å². The molecule has 0 bridgehead atoms. The number of benzene rings is 1. The molecule has 7 nitrogen and oxygen atoms in total. The van der Waals surface area contributed by atoms with Gasteiger partial charge in [-0.05, 0) is 37.0 Å². The van der Waals surface area contributed by atoms with E-state index < -0.39 is 11.4 Å². The van der Waals surface area contributed by atoms with Crippen LogP contribution in [0.15, 0.2) is 34.6 Å². The molecule has 3 heterocycles. The predicted octanol–water partition coefficient (Wildman–Crippen LogP) is 4.48. The molecule has 2 aromatic heterocycles. The number of hydrogen-bond donors (Lipinski definition) is 1. The Labute approximate surface area is 195 Å². The molecule has 0 aliphatic carbocycles. The van der Waals surface area contributed by atoms with Gasteiger partial charge in [-0.25, -0.2) is 9.78 Å². The van der Waals surface area contributed by atoms with E-state index in [4.69, 9.17) is 9.72 Å². The summed E-state index contributed by atoms with van der Waals surface area (Å²) < 4.78 is 7.03. The molecule has 1 aliphatic heterocycles. The fraction of sp³-hybridized carbons (Fsp3) is 0.360. The Morgan fingerprint density at radius 1 is 1.24 bits per heavy atom. The summed E-state index contributed by atoms with van der Waals surface area (Å²) >= 11 is 1.54. The van der Waals surface area contributed by atoms with Gasteiger partial charge in [0, 0.05) is 53.9 Å². The minimum absolute atomic E-state index is 0.0186. The van der Waals surface area contributed by atoms with Gasteiger partial charge < -0.3 is 14.4 Å². The van der Waals surface area contributed by atoms with Crippen molar-refractivity contribution in [1.29, 1.82) is 0 Å². The third-order valence-electron chi connectivity index (χ3n) is 6.11. The van der Waals surface area contributed by atoms with Crippen LogP contribution in [0.5, 0.6) is 0 Å². The first-order chi connectivity index (χ1) is 15.7. The minimum Gasteiger partial charge on any atom is -0.477 e. The number of carboxylic acid groups (broad SMARTS) is 1. The summed E-state index contributed by atoms with van der Waals surface area (Å²) in [6.45, 7) is 6.25. The van der Waals surface area contributed by atoms with Gasteiger partial charge in [0.25, 0.3) is 0 Å². The first-order valence-electron chi connectivity index (χ1n) is 10.8. The van der Waals surface area contributed by atoms with Gasteiger partial charge in [0.15, 0.2) is 11.2 Å². The van der Waals surface area contributed by atoms with Gasteiger partial charge in [-0.15, -0.1) is 11.3 Å². The van der Waals surface area contributed by atoms with E-state index in [1.807, 2.05) is 22.1 Å². The summed E-state index contributed by atoms with van der Waals surface area (Å²) in [7, 11) is 1.65. The molecule has 0 saturated carbocycles. The SMILES string of the molecule is COCCc1nc(-c2cc3c(cc2C(C)=O)-c2cc(=O)c(C(=O)O)cn2C(C(C)C)C3)cs1. The van der Waals surface area contributed by atoms with E-state index in [1.54, 1.807) is 7.11 Å². The highest BCUT2D eigenvalue weighted by molar-refractivity contribution is 7.09. The lowest BCUT2D eigenvalue weighted by Crippen LogP contribution is -2.28. The number of thiazole rings is 1. The summed E-state index contributed by atoms with van der Waals surface area (Å²) in [6.07, 6.45) is 2.81. The Bertz CT molecular complexity index is 1300. The third kappa shape index (κ3) is 4.28. The number of nitrogens with zero attached hydrogens (tertiary/aromatic N) is 2. The quantitative estimate of drug-likeness (QED) is 0.516. The molecule has 1 N–H and O–H groups in total. The third-order valence-corrected chi connectivity index (χ3v) is 7.02. The summed E-state index contributed by atoms with van der Waals surface area (Å²) in [6, 6.07) is 5.19. The average Bonchev–Trinajstić information content (AvgIpc) is 3.24. The molecule has 1 atom stereocenters. The maximum atomic E-state index is 12.6. The number of carboxylic acids is 1. The van der Waals surface area contributed by atoms with Gasteiger partial charge >= 0.3 is 5.97 Å².